The number of pyridine rings is 1. The van der Waals surface area contributed by atoms with E-state index in [2.05, 4.69) is 20.5 Å². The predicted octanol–water partition coefficient (Wildman–Crippen LogP) is 6.81. The van der Waals surface area contributed by atoms with Crippen LogP contribution in [-0.2, 0) is 15.7 Å². The van der Waals surface area contributed by atoms with Crippen LogP contribution >= 0.6 is 12.2 Å². The van der Waals surface area contributed by atoms with Gasteiger partial charge in [0.1, 0.15) is 22.7 Å². The molecule has 0 bridgehead atoms. The minimum absolute atomic E-state index is 0.112. The highest BCUT2D eigenvalue weighted by Gasteiger charge is 2.51. The van der Waals surface area contributed by atoms with Gasteiger partial charge in [-0.05, 0) is 108 Å². The molecule has 18 heteroatoms. The molecule has 59 heavy (non-hydrogen) atoms. The summed E-state index contributed by atoms with van der Waals surface area (Å²) in [6, 6.07) is 11.5. The fourth-order valence-electron chi connectivity index (χ4n) is 6.66. The van der Waals surface area contributed by atoms with Crippen LogP contribution in [0.15, 0.2) is 54.7 Å². The van der Waals surface area contributed by atoms with Gasteiger partial charge in [0.25, 0.3) is 17.7 Å². The van der Waals surface area contributed by atoms with Crippen molar-refractivity contribution in [3.63, 3.8) is 0 Å². The number of carbonyl (C=O) groups is 4. The van der Waals surface area contributed by atoms with Gasteiger partial charge in [0, 0.05) is 45.0 Å². The smallest absolute Gasteiger partial charge is 0.417 e. The molecule has 4 amide bonds. The van der Waals surface area contributed by atoms with Gasteiger partial charge in [-0.3, -0.25) is 19.3 Å². The van der Waals surface area contributed by atoms with Gasteiger partial charge in [0.2, 0.25) is 0 Å². The largest absolute Gasteiger partial charge is 0.444 e. The maximum absolute atomic E-state index is 15.4. The summed E-state index contributed by atoms with van der Waals surface area (Å²) in [6.07, 6.45) is -0.747. The maximum atomic E-state index is 15.4. The van der Waals surface area contributed by atoms with E-state index in [0.717, 1.165) is 35.6 Å². The quantitative estimate of drug-likeness (QED) is 0.113. The number of nitriles is 1. The molecule has 314 valence electrons. The Labute approximate surface area is 345 Å². The number of halogens is 4. The van der Waals surface area contributed by atoms with Crippen LogP contribution in [0.2, 0.25) is 0 Å². The number of anilines is 3. The lowest BCUT2D eigenvalue weighted by Gasteiger charge is -2.36. The highest BCUT2D eigenvalue weighted by atomic mass is 32.1. The number of aromatic nitrogens is 1. The van der Waals surface area contributed by atoms with Crippen LogP contribution in [0.1, 0.15) is 92.3 Å². The third-order valence-corrected chi connectivity index (χ3v) is 10.1. The Bertz CT molecular complexity index is 2130. The Morgan fingerprint density at radius 3 is 2.05 bits per heavy atom. The molecule has 0 aliphatic carbocycles. The van der Waals surface area contributed by atoms with Gasteiger partial charge in [-0.15, -0.1) is 0 Å². The Balaban J connectivity index is 1.03. The Hall–Kier alpha value is -5.83. The van der Waals surface area contributed by atoms with Crippen LogP contribution in [0.5, 0.6) is 0 Å². The molecule has 2 aromatic carbocycles. The molecule has 5 rings (SSSR count). The Morgan fingerprint density at radius 2 is 1.49 bits per heavy atom. The van der Waals surface area contributed by atoms with Gasteiger partial charge in [0.05, 0.1) is 40.3 Å². The normalized spacial score (nSPS) is 15.6. The topological polar surface area (TPSA) is 151 Å². The third-order valence-electron chi connectivity index (χ3n) is 9.76. The van der Waals surface area contributed by atoms with Gasteiger partial charge in [0.15, 0.2) is 5.11 Å². The van der Waals surface area contributed by atoms with E-state index in [0.29, 0.717) is 51.6 Å². The number of ether oxygens (including phenoxy) is 1. The zero-order valence-corrected chi connectivity index (χ0v) is 34.2. The minimum Gasteiger partial charge on any atom is -0.444 e. The fraction of sp³-hybridized carbons (Fsp3) is 0.439. The Kier molecular flexibility index (Phi) is 13.5. The van der Waals surface area contributed by atoms with E-state index in [-0.39, 0.29) is 46.3 Å². The van der Waals surface area contributed by atoms with Crippen LogP contribution in [0, 0.1) is 17.1 Å². The molecule has 2 aliphatic rings. The van der Waals surface area contributed by atoms with Crippen molar-refractivity contribution in [2.45, 2.75) is 77.6 Å². The van der Waals surface area contributed by atoms with Crippen LogP contribution < -0.4 is 25.3 Å². The molecule has 0 radical (unpaired) electrons. The first kappa shape index (κ1) is 44.3. The van der Waals surface area contributed by atoms with E-state index in [1.807, 2.05) is 26.8 Å². The number of benzene rings is 2. The standard InChI is InChI=1S/C41H46F4N8O5S/c1-39(2,3)58-38(57)51-20-18-50(19-21-51)29-13-15-33(49-25-29)35(55)48-17-9-7-6-8-16-47-34(54)30-14-12-28(23-32(30)42)53-37(59)52(36(56)40(53,4)5)27-11-10-26(24-46)31(22-27)41(43,44)45/h10-15,22-23,25H,6-9,16-21H2,1-5H3,(H,47,54)(H,48,55). The molecule has 3 aromatic rings. The number of nitrogens with zero attached hydrogens (tertiary/aromatic N) is 6. The molecule has 2 N–H and O–H groups in total. The van der Waals surface area contributed by atoms with Crippen molar-refractivity contribution in [2.24, 2.45) is 0 Å². The second-order valence-corrected chi connectivity index (χ2v) is 16.0. The zero-order chi connectivity index (χ0) is 43.3. The second kappa shape index (κ2) is 18.0. The summed E-state index contributed by atoms with van der Waals surface area (Å²) in [7, 11) is 0. The van der Waals surface area contributed by atoms with Crippen LogP contribution in [-0.4, -0.2) is 89.2 Å². The first-order valence-electron chi connectivity index (χ1n) is 19.1. The van der Waals surface area contributed by atoms with Gasteiger partial charge >= 0.3 is 12.3 Å². The summed E-state index contributed by atoms with van der Waals surface area (Å²) < 4.78 is 61.8. The van der Waals surface area contributed by atoms with E-state index in [1.165, 1.54) is 43.0 Å². The number of nitrogens with one attached hydrogen (secondary N) is 2. The number of amides is 4. The monoisotopic (exact) mass is 838 g/mol. The van der Waals surface area contributed by atoms with Gasteiger partial charge < -0.3 is 30.1 Å². The Morgan fingerprint density at radius 1 is 0.881 bits per heavy atom. The molecule has 2 aliphatic heterocycles. The molecule has 1 aromatic heterocycles. The molecular weight excluding hydrogens is 793 g/mol. The summed E-state index contributed by atoms with van der Waals surface area (Å²) in [5.74, 6) is -2.50. The predicted molar refractivity (Wildman–Crippen MR) is 217 cm³/mol. The fourth-order valence-corrected chi connectivity index (χ4v) is 7.18. The van der Waals surface area contributed by atoms with Crippen LogP contribution in [0.3, 0.4) is 0 Å². The van der Waals surface area contributed by atoms with E-state index in [4.69, 9.17) is 22.2 Å². The molecule has 2 fully saturated rings. The third kappa shape index (κ3) is 10.4. The van der Waals surface area contributed by atoms with Crippen molar-refractivity contribution in [3.05, 3.63) is 82.9 Å². The lowest BCUT2D eigenvalue weighted by Crippen LogP contribution is -2.50. The van der Waals surface area contributed by atoms with E-state index in [1.54, 1.807) is 17.2 Å². The molecule has 0 unspecified atom stereocenters. The number of hydrogen-bond donors (Lipinski definition) is 2. The average Bonchev–Trinajstić information content (AvgIpc) is 3.36. The molecular formula is C41H46F4N8O5S. The summed E-state index contributed by atoms with van der Waals surface area (Å²) in [4.78, 5) is 61.6. The van der Waals surface area contributed by atoms with Crippen molar-refractivity contribution in [1.82, 2.24) is 20.5 Å². The van der Waals surface area contributed by atoms with Gasteiger partial charge in [-0.2, -0.15) is 18.4 Å². The van der Waals surface area contributed by atoms with Crippen LogP contribution in [0.4, 0.5) is 39.4 Å². The number of carbonyl (C=O) groups excluding carboxylic acids is 4. The summed E-state index contributed by atoms with van der Waals surface area (Å²) in [6.45, 7) is 11.4. The maximum Gasteiger partial charge on any atom is 0.417 e. The zero-order valence-electron chi connectivity index (χ0n) is 33.4. The van der Waals surface area contributed by atoms with E-state index >= 15 is 4.39 Å². The molecule has 3 heterocycles. The van der Waals surface area contributed by atoms with E-state index < -0.39 is 46.1 Å². The van der Waals surface area contributed by atoms with Crippen molar-refractivity contribution in [1.29, 1.82) is 5.26 Å². The number of rotatable bonds is 12. The van der Waals surface area contributed by atoms with E-state index in [9.17, 15) is 32.3 Å². The number of unbranched alkanes of at least 4 members (excludes halogenated alkanes) is 3. The number of piperazine rings is 1. The molecule has 0 spiro atoms. The first-order valence-corrected chi connectivity index (χ1v) is 19.5. The van der Waals surface area contributed by atoms with Gasteiger partial charge in [-0.1, -0.05) is 12.8 Å². The minimum atomic E-state index is -4.86. The lowest BCUT2D eigenvalue weighted by atomic mass is 10.0. The van der Waals surface area contributed by atoms with Gasteiger partial charge in [-0.25, -0.2) is 14.2 Å². The second-order valence-electron chi connectivity index (χ2n) is 15.6. The molecule has 2 saturated heterocycles. The molecule has 13 nitrogen and oxygen atoms in total. The summed E-state index contributed by atoms with van der Waals surface area (Å²) in [5, 5.41) is 14.5. The summed E-state index contributed by atoms with van der Waals surface area (Å²) in [5.41, 5.74) is -3.02. The highest BCUT2D eigenvalue weighted by Crippen LogP contribution is 2.40. The molecule has 0 atom stereocenters. The average molecular weight is 839 g/mol. The SMILES string of the molecule is CC(C)(C)OC(=O)N1CCN(c2ccc(C(=O)NCCCCCCNC(=O)c3ccc(N4C(=S)N(c5ccc(C#N)c(C(F)(F)F)c5)C(=O)C4(C)C)cc3F)nc2)CC1. The summed E-state index contributed by atoms with van der Waals surface area (Å²) >= 11 is 5.51. The number of hydrogen-bond acceptors (Lipinski definition) is 9. The van der Waals surface area contributed by atoms with Crippen LogP contribution in [0.25, 0.3) is 0 Å². The number of thiocarbonyl (C=S) groups is 1. The number of alkyl halides is 3. The highest BCUT2D eigenvalue weighted by molar-refractivity contribution is 7.81. The first-order chi connectivity index (χ1) is 27.7. The molecule has 0 saturated carbocycles. The van der Waals surface area contributed by atoms with Crippen molar-refractivity contribution in [3.8, 4) is 6.07 Å². The lowest BCUT2D eigenvalue weighted by molar-refractivity contribution is -0.137. The van der Waals surface area contributed by atoms with Crippen molar-refractivity contribution >= 4 is 58.2 Å². The van der Waals surface area contributed by atoms with Crippen molar-refractivity contribution in [2.75, 3.05) is 54.0 Å². The van der Waals surface area contributed by atoms with Crippen molar-refractivity contribution < 1.29 is 41.5 Å².